The molecular weight excluding hydrogens is 319 g/mol. The van der Waals surface area contributed by atoms with Crippen LogP contribution in [0.2, 0.25) is 0 Å². The highest BCUT2D eigenvalue weighted by Gasteiger charge is 2.12. The summed E-state index contributed by atoms with van der Waals surface area (Å²) in [6.45, 7) is -0.968. The number of fused-ring (bicyclic) bond motifs is 1. The van der Waals surface area contributed by atoms with Crippen LogP contribution in [0.5, 0.6) is 5.75 Å². The van der Waals surface area contributed by atoms with Gasteiger partial charge >= 0.3 is 6.61 Å². The summed E-state index contributed by atoms with van der Waals surface area (Å²) < 4.78 is 42.4. The highest BCUT2D eigenvalue weighted by atomic mass is 19.3. The highest BCUT2D eigenvalue weighted by Crippen LogP contribution is 2.26. The third kappa shape index (κ3) is 3.40. The van der Waals surface area contributed by atoms with Crippen molar-refractivity contribution in [1.29, 1.82) is 0 Å². The quantitative estimate of drug-likeness (QED) is 0.744. The molecule has 1 unspecified atom stereocenters. The molecule has 0 saturated carbocycles. The van der Waals surface area contributed by atoms with Gasteiger partial charge in [0.05, 0.1) is 0 Å². The van der Waals surface area contributed by atoms with E-state index in [1.54, 1.807) is 24.3 Å². The minimum Gasteiger partial charge on any atom is -0.435 e. The standard InChI is InChI=1S/C17H14F3N3O/c1-10(11-5-7-12(8-6-11)24-17(19)20)23-16-13-3-2-4-14(18)15(13)21-9-22-16/h2-10,17H,1H3,(H,21,22,23). The average Bonchev–Trinajstić information content (AvgIpc) is 2.56. The lowest BCUT2D eigenvalue weighted by atomic mass is 10.1. The molecule has 0 fully saturated rings. The maximum Gasteiger partial charge on any atom is 0.387 e. The second-order valence-corrected chi connectivity index (χ2v) is 5.17. The van der Waals surface area contributed by atoms with E-state index in [4.69, 9.17) is 0 Å². The van der Waals surface area contributed by atoms with E-state index in [0.29, 0.717) is 11.2 Å². The van der Waals surface area contributed by atoms with Crippen molar-refractivity contribution in [2.24, 2.45) is 0 Å². The molecule has 2 aromatic carbocycles. The summed E-state index contributed by atoms with van der Waals surface area (Å²) in [6, 6.07) is 10.8. The Labute approximate surface area is 136 Å². The third-order valence-corrected chi connectivity index (χ3v) is 3.57. The Kier molecular flexibility index (Phi) is 4.50. The van der Waals surface area contributed by atoms with Gasteiger partial charge in [-0.05, 0) is 36.8 Å². The van der Waals surface area contributed by atoms with Crippen LogP contribution in [0.3, 0.4) is 0 Å². The van der Waals surface area contributed by atoms with Crippen LogP contribution in [0.4, 0.5) is 19.0 Å². The fraction of sp³-hybridized carbons (Fsp3) is 0.176. The smallest absolute Gasteiger partial charge is 0.387 e. The molecule has 0 aliphatic heterocycles. The fourth-order valence-corrected chi connectivity index (χ4v) is 2.39. The van der Waals surface area contributed by atoms with E-state index in [9.17, 15) is 13.2 Å². The minimum absolute atomic E-state index is 0.0931. The molecule has 0 spiro atoms. The Hall–Kier alpha value is -2.83. The molecule has 124 valence electrons. The molecular formula is C17H14F3N3O. The molecule has 0 aliphatic rings. The van der Waals surface area contributed by atoms with Gasteiger partial charge in [-0.25, -0.2) is 14.4 Å². The molecule has 0 aliphatic carbocycles. The summed E-state index contributed by atoms with van der Waals surface area (Å²) in [4.78, 5) is 8.10. The summed E-state index contributed by atoms with van der Waals surface area (Å²) in [5.41, 5.74) is 1.09. The van der Waals surface area contributed by atoms with Crippen molar-refractivity contribution in [3.8, 4) is 5.75 Å². The molecule has 0 bridgehead atoms. The van der Waals surface area contributed by atoms with Crippen LogP contribution in [0.1, 0.15) is 18.5 Å². The molecule has 24 heavy (non-hydrogen) atoms. The van der Waals surface area contributed by atoms with Crippen molar-refractivity contribution in [3.05, 3.63) is 60.2 Å². The molecule has 3 rings (SSSR count). The fourth-order valence-electron chi connectivity index (χ4n) is 2.39. The molecule has 4 nitrogen and oxygen atoms in total. The summed E-state index contributed by atoms with van der Waals surface area (Å²) in [5.74, 6) is 0.175. The zero-order valence-corrected chi connectivity index (χ0v) is 12.7. The second-order valence-electron chi connectivity index (χ2n) is 5.17. The van der Waals surface area contributed by atoms with Crippen LogP contribution in [0.15, 0.2) is 48.8 Å². The molecule has 1 aromatic heterocycles. The number of anilines is 1. The van der Waals surface area contributed by atoms with Crippen LogP contribution in [0, 0.1) is 5.82 Å². The zero-order chi connectivity index (χ0) is 17.1. The van der Waals surface area contributed by atoms with Gasteiger partial charge in [-0.3, -0.25) is 0 Å². The number of halogens is 3. The van der Waals surface area contributed by atoms with Gasteiger partial charge in [0.25, 0.3) is 0 Å². The normalized spacial score (nSPS) is 12.4. The van der Waals surface area contributed by atoms with Gasteiger partial charge in [-0.1, -0.05) is 18.2 Å². The monoisotopic (exact) mass is 333 g/mol. The second kappa shape index (κ2) is 6.74. The van der Waals surface area contributed by atoms with E-state index in [1.165, 1.54) is 24.5 Å². The number of alkyl halides is 2. The Balaban J connectivity index is 1.82. The van der Waals surface area contributed by atoms with E-state index in [0.717, 1.165) is 5.56 Å². The van der Waals surface area contributed by atoms with Crippen molar-refractivity contribution in [1.82, 2.24) is 9.97 Å². The van der Waals surface area contributed by atoms with Crippen molar-refractivity contribution in [2.45, 2.75) is 19.6 Å². The van der Waals surface area contributed by atoms with Crippen LogP contribution >= 0.6 is 0 Å². The van der Waals surface area contributed by atoms with Gasteiger partial charge in [0.2, 0.25) is 0 Å². The van der Waals surface area contributed by atoms with E-state index in [1.807, 2.05) is 6.92 Å². The maximum absolute atomic E-state index is 13.8. The Morgan fingerprint density at radius 1 is 1.04 bits per heavy atom. The molecule has 1 N–H and O–H groups in total. The number of hydrogen-bond acceptors (Lipinski definition) is 4. The maximum atomic E-state index is 13.8. The molecule has 3 aromatic rings. The summed E-state index contributed by atoms with van der Waals surface area (Å²) in [7, 11) is 0. The predicted octanol–water partition coefficient (Wildman–Crippen LogP) is 4.54. The number of nitrogens with one attached hydrogen (secondary N) is 1. The number of benzene rings is 2. The van der Waals surface area contributed by atoms with E-state index < -0.39 is 12.4 Å². The first-order chi connectivity index (χ1) is 11.5. The number of rotatable bonds is 5. The SMILES string of the molecule is CC(Nc1ncnc2c(F)cccc12)c1ccc(OC(F)F)cc1. The first-order valence-electron chi connectivity index (χ1n) is 7.25. The number of para-hydroxylation sites is 1. The van der Waals surface area contributed by atoms with Gasteiger partial charge in [0.15, 0.2) is 0 Å². The van der Waals surface area contributed by atoms with E-state index >= 15 is 0 Å². The van der Waals surface area contributed by atoms with Crippen molar-refractivity contribution >= 4 is 16.7 Å². The molecule has 1 atom stereocenters. The van der Waals surface area contributed by atoms with Gasteiger partial charge < -0.3 is 10.1 Å². The van der Waals surface area contributed by atoms with E-state index in [-0.39, 0.29) is 17.3 Å². The number of aromatic nitrogens is 2. The van der Waals surface area contributed by atoms with E-state index in [2.05, 4.69) is 20.0 Å². The average molecular weight is 333 g/mol. The molecule has 0 saturated heterocycles. The van der Waals surface area contributed by atoms with Crippen molar-refractivity contribution in [3.63, 3.8) is 0 Å². The number of nitrogens with zero attached hydrogens (tertiary/aromatic N) is 2. The summed E-state index contributed by atoms with van der Waals surface area (Å²) in [5, 5.41) is 3.75. The van der Waals surface area contributed by atoms with Crippen LogP contribution in [-0.4, -0.2) is 16.6 Å². The predicted molar refractivity (Wildman–Crippen MR) is 84.6 cm³/mol. The lowest BCUT2D eigenvalue weighted by Crippen LogP contribution is -2.09. The topological polar surface area (TPSA) is 47.0 Å². The van der Waals surface area contributed by atoms with Crippen molar-refractivity contribution in [2.75, 3.05) is 5.32 Å². The number of hydrogen-bond donors (Lipinski definition) is 1. The Morgan fingerprint density at radius 2 is 1.79 bits per heavy atom. The van der Waals surface area contributed by atoms with Gasteiger partial charge in [-0.15, -0.1) is 0 Å². The van der Waals surface area contributed by atoms with Gasteiger partial charge in [-0.2, -0.15) is 8.78 Å². The summed E-state index contributed by atoms with van der Waals surface area (Å²) in [6.07, 6.45) is 1.29. The zero-order valence-electron chi connectivity index (χ0n) is 12.7. The number of ether oxygens (including phenoxy) is 1. The molecule has 1 heterocycles. The Bertz CT molecular complexity index is 840. The first kappa shape index (κ1) is 16.0. The molecule has 0 amide bonds. The molecule has 7 heteroatoms. The van der Waals surface area contributed by atoms with Crippen LogP contribution in [0.25, 0.3) is 10.9 Å². The van der Waals surface area contributed by atoms with Gasteiger partial charge in [0.1, 0.15) is 29.2 Å². The van der Waals surface area contributed by atoms with Crippen LogP contribution in [-0.2, 0) is 0 Å². The highest BCUT2D eigenvalue weighted by molar-refractivity contribution is 5.89. The Morgan fingerprint density at radius 3 is 2.50 bits per heavy atom. The summed E-state index contributed by atoms with van der Waals surface area (Å²) >= 11 is 0. The first-order valence-corrected chi connectivity index (χ1v) is 7.25. The van der Waals surface area contributed by atoms with Gasteiger partial charge in [0, 0.05) is 11.4 Å². The molecule has 0 radical (unpaired) electrons. The third-order valence-electron chi connectivity index (χ3n) is 3.57. The lowest BCUT2D eigenvalue weighted by molar-refractivity contribution is -0.0498. The lowest BCUT2D eigenvalue weighted by Gasteiger charge is -2.16. The largest absolute Gasteiger partial charge is 0.435 e. The minimum atomic E-state index is -2.85. The van der Waals surface area contributed by atoms with Crippen LogP contribution < -0.4 is 10.1 Å². The van der Waals surface area contributed by atoms with Crippen molar-refractivity contribution < 1.29 is 17.9 Å².